The summed E-state index contributed by atoms with van der Waals surface area (Å²) in [7, 11) is 0. The van der Waals surface area contributed by atoms with E-state index in [4.69, 9.17) is 16.6 Å². The van der Waals surface area contributed by atoms with E-state index >= 15 is 0 Å². The fourth-order valence-corrected chi connectivity index (χ4v) is 3.65. The van der Waals surface area contributed by atoms with Crippen LogP contribution in [0.15, 0.2) is 0 Å². The largest absolute Gasteiger partial charge is 0.394 e. The zero-order valence-corrected chi connectivity index (χ0v) is 15.9. The minimum absolute atomic E-state index is 0.346. The average molecular weight is 399 g/mol. The second kappa shape index (κ2) is 9.30. The van der Waals surface area contributed by atoms with Crippen LogP contribution in [0.3, 0.4) is 0 Å². The van der Waals surface area contributed by atoms with Crippen molar-refractivity contribution in [2.45, 2.75) is 62.9 Å². The minimum atomic E-state index is -1.22. The van der Waals surface area contributed by atoms with E-state index in [0.717, 1.165) is 0 Å². The summed E-state index contributed by atoms with van der Waals surface area (Å²) in [6.45, 7) is 1.48. The predicted molar refractivity (Wildman–Crippen MR) is 97.3 cm³/mol. The van der Waals surface area contributed by atoms with E-state index in [9.17, 15) is 24.3 Å². The first-order chi connectivity index (χ1) is 13.2. The maximum absolute atomic E-state index is 13.1. The first kappa shape index (κ1) is 22.1. The predicted octanol–water partition coefficient (Wildman–Crippen LogP) is -3.36. The number of aliphatic hydroxyl groups is 2. The number of carbonyl (C=O) groups excluding carboxylic acids is 4. The number of aliphatic hydroxyl groups excluding tert-OH is 2. The fraction of sp³-hybridized carbons (Fsp3) is 0.765. The topological polar surface area (TPSA) is 179 Å². The van der Waals surface area contributed by atoms with E-state index in [1.807, 2.05) is 0 Å². The number of nitrogens with one attached hydrogen (secondary N) is 1. The lowest BCUT2D eigenvalue weighted by molar-refractivity contribution is -0.148. The van der Waals surface area contributed by atoms with Gasteiger partial charge in [-0.1, -0.05) is 0 Å². The van der Waals surface area contributed by atoms with Crippen molar-refractivity contribution in [2.24, 2.45) is 11.5 Å². The summed E-state index contributed by atoms with van der Waals surface area (Å²) in [5.41, 5.74) is 10.9. The lowest BCUT2D eigenvalue weighted by atomic mass is 10.1. The maximum Gasteiger partial charge on any atom is 0.246 e. The maximum atomic E-state index is 13.1. The van der Waals surface area contributed by atoms with Crippen LogP contribution >= 0.6 is 0 Å². The second-order valence-electron chi connectivity index (χ2n) is 7.29. The summed E-state index contributed by atoms with van der Waals surface area (Å²) in [6, 6.07) is -3.88. The molecule has 2 heterocycles. The summed E-state index contributed by atoms with van der Waals surface area (Å²) in [5.74, 6) is -2.30. The summed E-state index contributed by atoms with van der Waals surface area (Å²) in [4.78, 5) is 52.1. The number of carbonyl (C=O) groups is 4. The Labute approximate surface area is 163 Å². The molecule has 2 aliphatic rings. The molecule has 0 radical (unpaired) electrons. The summed E-state index contributed by atoms with van der Waals surface area (Å²) in [5, 5.41) is 21.1. The zero-order chi connectivity index (χ0) is 21.0. The third-order valence-corrected chi connectivity index (χ3v) is 5.31. The molecule has 2 saturated heterocycles. The van der Waals surface area contributed by atoms with Gasteiger partial charge in [-0.2, -0.15) is 0 Å². The van der Waals surface area contributed by atoms with Gasteiger partial charge in [0, 0.05) is 13.1 Å². The van der Waals surface area contributed by atoms with Crippen LogP contribution < -0.4 is 16.8 Å². The van der Waals surface area contributed by atoms with E-state index in [1.165, 1.54) is 16.7 Å². The van der Waals surface area contributed by atoms with Crippen LogP contribution in [0.25, 0.3) is 0 Å². The standard InChI is InChI=1S/C17H29N5O6/c1-9(24)13(18)17(28)22-7-3-5-12(22)16(27)21-6-2-4-11(21)15(26)20-10(8-23)14(19)25/h9-13,23-24H,2-8,18H2,1H3,(H2,19,25)(H,20,26)/t9-,10+,11+,12+,13+/m1/s1. The lowest BCUT2D eigenvalue weighted by Crippen LogP contribution is -2.58. The molecule has 2 rings (SSSR count). The van der Waals surface area contributed by atoms with Crippen LogP contribution in [0.2, 0.25) is 0 Å². The number of hydrogen-bond donors (Lipinski definition) is 5. The highest BCUT2D eigenvalue weighted by Crippen LogP contribution is 2.25. The van der Waals surface area contributed by atoms with Gasteiger partial charge in [0.15, 0.2) is 0 Å². The van der Waals surface area contributed by atoms with Crippen molar-refractivity contribution in [1.29, 1.82) is 0 Å². The third kappa shape index (κ3) is 4.59. The van der Waals surface area contributed by atoms with Gasteiger partial charge >= 0.3 is 0 Å². The first-order valence-electron chi connectivity index (χ1n) is 9.44. The zero-order valence-electron chi connectivity index (χ0n) is 15.9. The van der Waals surface area contributed by atoms with Crippen LogP contribution in [0.4, 0.5) is 0 Å². The average Bonchev–Trinajstić information content (AvgIpc) is 3.32. The second-order valence-corrected chi connectivity index (χ2v) is 7.29. The van der Waals surface area contributed by atoms with Crippen molar-refractivity contribution in [2.75, 3.05) is 19.7 Å². The van der Waals surface area contributed by atoms with Crippen molar-refractivity contribution >= 4 is 23.6 Å². The smallest absolute Gasteiger partial charge is 0.246 e. The fourth-order valence-electron chi connectivity index (χ4n) is 3.65. The minimum Gasteiger partial charge on any atom is -0.394 e. The Morgan fingerprint density at radius 3 is 2.21 bits per heavy atom. The van der Waals surface area contributed by atoms with Crippen LogP contribution in [-0.4, -0.2) is 93.6 Å². The van der Waals surface area contributed by atoms with E-state index < -0.39 is 54.6 Å². The van der Waals surface area contributed by atoms with Crippen LogP contribution in [-0.2, 0) is 19.2 Å². The molecule has 5 atom stereocenters. The van der Waals surface area contributed by atoms with E-state index in [1.54, 1.807) is 0 Å². The monoisotopic (exact) mass is 399 g/mol. The van der Waals surface area contributed by atoms with E-state index in [-0.39, 0.29) is 5.91 Å². The molecule has 0 aliphatic carbocycles. The van der Waals surface area contributed by atoms with Crippen molar-refractivity contribution in [3.8, 4) is 0 Å². The van der Waals surface area contributed by atoms with Crippen molar-refractivity contribution in [3.05, 3.63) is 0 Å². The van der Waals surface area contributed by atoms with Gasteiger partial charge in [-0.3, -0.25) is 19.2 Å². The summed E-state index contributed by atoms with van der Waals surface area (Å²) in [6.07, 6.45) is 1.02. The molecule has 11 nitrogen and oxygen atoms in total. The SMILES string of the molecule is C[C@@H](O)[C@H](N)C(=O)N1CCC[C@H]1C(=O)N1CCC[C@H]1C(=O)N[C@@H](CO)C(N)=O. The molecule has 11 heteroatoms. The first-order valence-corrected chi connectivity index (χ1v) is 9.44. The van der Waals surface area contributed by atoms with Crippen molar-refractivity contribution in [3.63, 3.8) is 0 Å². The molecule has 4 amide bonds. The van der Waals surface area contributed by atoms with Gasteiger partial charge in [0.1, 0.15) is 24.2 Å². The van der Waals surface area contributed by atoms with E-state index in [0.29, 0.717) is 38.8 Å². The number of nitrogens with zero attached hydrogens (tertiary/aromatic N) is 2. The van der Waals surface area contributed by atoms with Gasteiger partial charge in [0.05, 0.1) is 12.7 Å². The number of nitrogens with two attached hydrogens (primary N) is 2. The Bertz CT molecular complexity index is 627. The highest BCUT2D eigenvalue weighted by molar-refractivity contribution is 5.95. The van der Waals surface area contributed by atoms with E-state index in [2.05, 4.69) is 5.32 Å². The molecule has 0 saturated carbocycles. The van der Waals surface area contributed by atoms with Gasteiger partial charge in [0.2, 0.25) is 23.6 Å². The van der Waals surface area contributed by atoms with Gasteiger partial charge in [0.25, 0.3) is 0 Å². The Balaban J connectivity index is 2.10. The number of hydrogen-bond acceptors (Lipinski definition) is 7. The van der Waals surface area contributed by atoms with Crippen molar-refractivity contribution < 1.29 is 29.4 Å². The Kier molecular flexibility index (Phi) is 7.33. The Hall–Kier alpha value is -2.24. The molecule has 0 aromatic heterocycles. The molecule has 0 aromatic rings. The molecule has 0 spiro atoms. The van der Waals surface area contributed by atoms with Gasteiger partial charge in [-0.15, -0.1) is 0 Å². The quantitative estimate of drug-likeness (QED) is 0.296. The summed E-state index contributed by atoms with van der Waals surface area (Å²) >= 11 is 0. The van der Waals surface area contributed by atoms with Crippen LogP contribution in [0, 0.1) is 0 Å². The molecule has 0 unspecified atom stereocenters. The van der Waals surface area contributed by atoms with Gasteiger partial charge in [-0.25, -0.2) is 0 Å². The van der Waals surface area contributed by atoms with Gasteiger partial charge < -0.3 is 36.8 Å². The summed E-state index contributed by atoms with van der Waals surface area (Å²) < 4.78 is 0. The molecule has 2 fully saturated rings. The molecule has 28 heavy (non-hydrogen) atoms. The number of likely N-dealkylation sites (tertiary alicyclic amines) is 2. The van der Waals surface area contributed by atoms with Crippen LogP contribution in [0.5, 0.6) is 0 Å². The van der Waals surface area contributed by atoms with Crippen LogP contribution in [0.1, 0.15) is 32.6 Å². The molecule has 158 valence electrons. The normalized spacial score (nSPS) is 25.3. The molecule has 7 N–H and O–H groups in total. The Morgan fingerprint density at radius 1 is 1.11 bits per heavy atom. The number of rotatable bonds is 7. The molecule has 2 aliphatic heterocycles. The highest BCUT2D eigenvalue weighted by atomic mass is 16.3. The van der Waals surface area contributed by atoms with Crippen molar-refractivity contribution in [1.82, 2.24) is 15.1 Å². The number of amides is 4. The molecule has 0 aromatic carbocycles. The lowest BCUT2D eigenvalue weighted by Gasteiger charge is -2.32. The highest BCUT2D eigenvalue weighted by Gasteiger charge is 2.43. The third-order valence-electron chi connectivity index (χ3n) is 5.31. The molecular formula is C17H29N5O6. The van der Waals surface area contributed by atoms with Gasteiger partial charge in [-0.05, 0) is 32.6 Å². The number of primary amides is 1. The Morgan fingerprint density at radius 2 is 1.68 bits per heavy atom. The molecule has 0 bridgehead atoms. The molecular weight excluding hydrogens is 370 g/mol.